The minimum atomic E-state index is -0.726. The summed E-state index contributed by atoms with van der Waals surface area (Å²) in [6, 6.07) is 2.85. The minimum absolute atomic E-state index is 0.198. The number of halogens is 1. The van der Waals surface area contributed by atoms with Crippen LogP contribution in [0.3, 0.4) is 0 Å². The van der Waals surface area contributed by atoms with E-state index in [1.54, 1.807) is 6.92 Å². The largest absolute Gasteiger partial charge is 0.449 e. The molecule has 16 heavy (non-hydrogen) atoms. The van der Waals surface area contributed by atoms with Gasteiger partial charge in [-0.3, -0.25) is 10.2 Å². The van der Waals surface area contributed by atoms with Crippen LogP contribution in [0.4, 0.5) is 4.79 Å². The lowest BCUT2D eigenvalue weighted by Gasteiger charge is -2.06. The SMILES string of the molecule is CCOC(=O)NNC(=O)c1ccnc(Cl)c1. The van der Waals surface area contributed by atoms with Crippen molar-refractivity contribution in [1.29, 1.82) is 0 Å². The van der Waals surface area contributed by atoms with E-state index in [1.807, 2.05) is 0 Å². The molecule has 0 spiro atoms. The van der Waals surface area contributed by atoms with Crippen molar-refractivity contribution in [3.8, 4) is 0 Å². The summed E-state index contributed by atoms with van der Waals surface area (Å²) in [6.07, 6.45) is 0.665. The molecule has 0 fully saturated rings. The molecule has 0 aliphatic rings. The summed E-state index contributed by atoms with van der Waals surface area (Å²) in [5.74, 6) is -0.502. The second kappa shape index (κ2) is 5.92. The number of hydrogen-bond donors (Lipinski definition) is 2. The molecule has 2 N–H and O–H groups in total. The topological polar surface area (TPSA) is 80.3 Å². The van der Waals surface area contributed by atoms with E-state index in [4.69, 9.17) is 11.6 Å². The van der Waals surface area contributed by atoms with Crippen LogP contribution in [0.15, 0.2) is 18.3 Å². The molecule has 1 rings (SSSR count). The zero-order chi connectivity index (χ0) is 12.0. The highest BCUT2D eigenvalue weighted by Gasteiger charge is 2.07. The summed E-state index contributed by atoms with van der Waals surface area (Å²) < 4.78 is 4.55. The molecule has 1 aromatic heterocycles. The molecule has 0 atom stereocenters. The number of nitrogens with one attached hydrogen (secondary N) is 2. The molecule has 6 nitrogen and oxygen atoms in total. The third kappa shape index (κ3) is 3.74. The Morgan fingerprint density at radius 2 is 2.25 bits per heavy atom. The molecule has 1 aromatic rings. The maximum absolute atomic E-state index is 11.4. The number of amides is 2. The van der Waals surface area contributed by atoms with Gasteiger partial charge in [-0.05, 0) is 19.1 Å². The van der Waals surface area contributed by atoms with Crippen molar-refractivity contribution in [3.63, 3.8) is 0 Å². The summed E-state index contributed by atoms with van der Waals surface area (Å²) in [5.41, 5.74) is 4.53. The fraction of sp³-hybridized carbons (Fsp3) is 0.222. The van der Waals surface area contributed by atoms with Crippen molar-refractivity contribution in [2.75, 3.05) is 6.61 Å². The van der Waals surface area contributed by atoms with Crippen molar-refractivity contribution in [2.24, 2.45) is 0 Å². The van der Waals surface area contributed by atoms with Gasteiger partial charge >= 0.3 is 6.09 Å². The lowest BCUT2D eigenvalue weighted by atomic mass is 10.2. The van der Waals surface area contributed by atoms with Gasteiger partial charge in [-0.1, -0.05) is 11.6 Å². The number of aromatic nitrogens is 1. The highest BCUT2D eigenvalue weighted by Crippen LogP contribution is 2.06. The Hall–Kier alpha value is -1.82. The van der Waals surface area contributed by atoms with Crippen LogP contribution in [0, 0.1) is 0 Å². The molecular formula is C9H10ClN3O3. The van der Waals surface area contributed by atoms with Crippen LogP contribution in [-0.2, 0) is 4.74 Å². The Morgan fingerprint density at radius 3 is 2.88 bits per heavy atom. The molecule has 0 bridgehead atoms. The Bertz CT molecular complexity index is 397. The Morgan fingerprint density at radius 1 is 1.50 bits per heavy atom. The highest BCUT2D eigenvalue weighted by atomic mass is 35.5. The number of hydrogen-bond acceptors (Lipinski definition) is 4. The van der Waals surface area contributed by atoms with E-state index < -0.39 is 12.0 Å². The van der Waals surface area contributed by atoms with Crippen LogP contribution in [-0.4, -0.2) is 23.6 Å². The first-order valence-electron chi connectivity index (χ1n) is 4.48. The van der Waals surface area contributed by atoms with Gasteiger partial charge in [-0.2, -0.15) is 0 Å². The number of nitrogens with zero attached hydrogens (tertiary/aromatic N) is 1. The molecular weight excluding hydrogens is 234 g/mol. The maximum atomic E-state index is 11.4. The number of carbonyl (C=O) groups is 2. The molecule has 0 saturated carbocycles. The fourth-order valence-corrected chi connectivity index (χ4v) is 1.06. The summed E-state index contributed by atoms with van der Waals surface area (Å²) in [6.45, 7) is 1.88. The zero-order valence-electron chi connectivity index (χ0n) is 8.49. The average molecular weight is 244 g/mol. The maximum Gasteiger partial charge on any atom is 0.426 e. The van der Waals surface area contributed by atoms with Gasteiger partial charge in [0.2, 0.25) is 0 Å². The fourth-order valence-electron chi connectivity index (χ4n) is 0.891. The summed E-state index contributed by atoms with van der Waals surface area (Å²) in [5, 5.41) is 0.198. The minimum Gasteiger partial charge on any atom is -0.449 e. The van der Waals surface area contributed by atoms with E-state index in [0.717, 1.165) is 0 Å². The first kappa shape index (κ1) is 12.3. The normalized spacial score (nSPS) is 9.38. The molecule has 0 saturated heterocycles. The molecule has 0 radical (unpaired) electrons. The van der Waals surface area contributed by atoms with Gasteiger partial charge in [-0.15, -0.1) is 0 Å². The van der Waals surface area contributed by atoms with E-state index in [9.17, 15) is 9.59 Å². The molecule has 2 amide bonds. The van der Waals surface area contributed by atoms with Crippen LogP contribution in [0.2, 0.25) is 5.15 Å². The number of rotatable bonds is 2. The van der Waals surface area contributed by atoms with Crippen LogP contribution >= 0.6 is 11.6 Å². The molecule has 0 unspecified atom stereocenters. The van der Waals surface area contributed by atoms with Crippen LogP contribution in [0.1, 0.15) is 17.3 Å². The molecule has 1 heterocycles. The lowest BCUT2D eigenvalue weighted by Crippen LogP contribution is -2.41. The molecule has 0 aliphatic heterocycles. The Balaban J connectivity index is 2.50. The van der Waals surface area contributed by atoms with Crippen molar-refractivity contribution < 1.29 is 14.3 Å². The monoisotopic (exact) mass is 243 g/mol. The van der Waals surface area contributed by atoms with Crippen molar-refractivity contribution >= 4 is 23.6 Å². The number of hydrazine groups is 1. The van der Waals surface area contributed by atoms with Gasteiger partial charge in [0.15, 0.2) is 0 Å². The van der Waals surface area contributed by atoms with Gasteiger partial charge in [-0.25, -0.2) is 15.2 Å². The average Bonchev–Trinajstić information content (AvgIpc) is 2.26. The Kier molecular flexibility index (Phi) is 4.53. The number of ether oxygens (including phenoxy) is 1. The second-order valence-electron chi connectivity index (χ2n) is 2.67. The van der Waals surface area contributed by atoms with Crippen LogP contribution in [0.25, 0.3) is 0 Å². The highest BCUT2D eigenvalue weighted by molar-refractivity contribution is 6.29. The first-order chi connectivity index (χ1) is 7.63. The van der Waals surface area contributed by atoms with E-state index in [-0.39, 0.29) is 17.3 Å². The Labute approximate surface area is 96.9 Å². The van der Waals surface area contributed by atoms with E-state index >= 15 is 0 Å². The van der Waals surface area contributed by atoms with Gasteiger partial charge < -0.3 is 4.74 Å². The predicted molar refractivity (Wildman–Crippen MR) is 56.9 cm³/mol. The quantitative estimate of drug-likeness (QED) is 0.603. The molecule has 0 aliphatic carbocycles. The third-order valence-electron chi connectivity index (χ3n) is 1.54. The smallest absolute Gasteiger partial charge is 0.426 e. The predicted octanol–water partition coefficient (Wildman–Crippen LogP) is 1.13. The third-order valence-corrected chi connectivity index (χ3v) is 1.75. The first-order valence-corrected chi connectivity index (χ1v) is 4.86. The number of pyridine rings is 1. The van der Waals surface area contributed by atoms with Crippen LogP contribution in [0.5, 0.6) is 0 Å². The summed E-state index contributed by atoms with van der Waals surface area (Å²) >= 11 is 5.60. The molecule has 0 aromatic carbocycles. The molecule has 7 heteroatoms. The van der Waals surface area contributed by atoms with Crippen molar-refractivity contribution in [1.82, 2.24) is 15.8 Å². The molecule has 86 valence electrons. The van der Waals surface area contributed by atoms with Crippen LogP contribution < -0.4 is 10.9 Å². The van der Waals surface area contributed by atoms with E-state index in [1.165, 1.54) is 18.3 Å². The number of carbonyl (C=O) groups excluding carboxylic acids is 2. The van der Waals surface area contributed by atoms with Crippen molar-refractivity contribution in [3.05, 3.63) is 29.0 Å². The van der Waals surface area contributed by atoms with Gasteiger partial charge in [0.05, 0.1) is 6.61 Å². The summed E-state index contributed by atoms with van der Waals surface area (Å²) in [7, 11) is 0. The van der Waals surface area contributed by atoms with E-state index in [0.29, 0.717) is 0 Å². The summed E-state index contributed by atoms with van der Waals surface area (Å²) in [4.78, 5) is 26.0. The van der Waals surface area contributed by atoms with E-state index in [2.05, 4.69) is 20.6 Å². The van der Waals surface area contributed by atoms with Gasteiger partial charge in [0.25, 0.3) is 5.91 Å². The van der Waals surface area contributed by atoms with Gasteiger partial charge in [0.1, 0.15) is 5.15 Å². The zero-order valence-corrected chi connectivity index (χ0v) is 9.25. The lowest BCUT2D eigenvalue weighted by molar-refractivity contribution is 0.0912. The van der Waals surface area contributed by atoms with Crippen molar-refractivity contribution in [2.45, 2.75) is 6.92 Å². The van der Waals surface area contributed by atoms with Gasteiger partial charge in [0, 0.05) is 11.8 Å². The second-order valence-corrected chi connectivity index (χ2v) is 3.05. The standard InChI is InChI=1S/C9H10ClN3O3/c1-2-16-9(15)13-12-8(14)6-3-4-11-7(10)5-6/h3-5H,2H2,1H3,(H,12,14)(H,13,15).